The van der Waals surface area contributed by atoms with Crippen molar-refractivity contribution in [2.75, 3.05) is 0 Å². The highest BCUT2D eigenvalue weighted by Crippen LogP contribution is 2.41. The molecule has 1 aromatic carbocycles. The van der Waals surface area contributed by atoms with Gasteiger partial charge in [-0.05, 0) is 25.5 Å². The second kappa shape index (κ2) is 5.97. The summed E-state index contributed by atoms with van der Waals surface area (Å²) in [7, 11) is 0. The first-order valence-corrected chi connectivity index (χ1v) is 8.07. The monoisotopic (exact) mass is 332 g/mol. The van der Waals surface area contributed by atoms with Crippen LogP contribution in [0.5, 0.6) is 0 Å². The zero-order valence-electron chi connectivity index (χ0n) is 13.6. The summed E-state index contributed by atoms with van der Waals surface area (Å²) in [6.45, 7) is 4.10. The molecule has 2 saturated heterocycles. The number of carbonyl (C=O) groups excluding carboxylic acids is 1. The molecule has 128 valence electrons. The normalized spacial score (nSPS) is 36.8. The molecule has 0 N–H and O–H groups in total. The lowest BCUT2D eigenvalue weighted by atomic mass is 10.1. The van der Waals surface area contributed by atoms with E-state index in [1.165, 1.54) is 6.08 Å². The molecule has 4 rings (SSSR count). The van der Waals surface area contributed by atoms with Crippen LogP contribution in [0.2, 0.25) is 0 Å². The van der Waals surface area contributed by atoms with Gasteiger partial charge >= 0.3 is 5.97 Å². The molecule has 5 atom stereocenters. The topological polar surface area (TPSA) is 63.2 Å². The number of rotatable bonds is 4. The quantitative estimate of drug-likeness (QED) is 0.785. The van der Waals surface area contributed by atoms with Crippen molar-refractivity contribution in [3.05, 3.63) is 48.0 Å². The Morgan fingerprint density at radius 3 is 2.62 bits per heavy atom. The molecule has 6 nitrogen and oxygen atoms in total. The SMILES string of the molecule is CC1(C)O[C@H]2O[C@H]([C@H]3C=CC(=O)O3)[C@@H](OCc3ccccc3)[C@H]2O1. The largest absolute Gasteiger partial charge is 0.452 e. The molecule has 6 heteroatoms. The molecular formula is C18H20O6. The smallest absolute Gasteiger partial charge is 0.331 e. The lowest BCUT2D eigenvalue weighted by Gasteiger charge is -2.28. The summed E-state index contributed by atoms with van der Waals surface area (Å²) in [6.07, 6.45) is 0.874. The standard InChI is InChI=1S/C18H20O6/c1-18(2)23-16-15(20-10-11-6-4-3-5-7-11)14(22-17(16)24-18)12-8-9-13(19)21-12/h3-9,12,14-17H,10H2,1-2H3/t12-,14-,15-,16-,17-/m1/s1. The van der Waals surface area contributed by atoms with Crippen LogP contribution in [0, 0.1) is 0 Å². The second-order valence-electron chi connectivity index (χ2n) is 6.59. The third-order valence-electron chi connectivity index (χ3n) is 4.31. The predicted molar refractivity (Wildman–Crippen MR) is 82.7 cm³/mol. The molecule has 0 saturated carbocycles. The summed E-state index contributed by atoms with van der Waals surface area (Å²) in [4.78, 5) is 11.4. The van der Waals surface area contributed by atoms with Crippen LogP contribution in [0.15, 0.2) is 42.5 Å². The molecular weight excluding hydrogens is 312 g/mol. The molecule has 3 aliphatic heterocycles. The van der Waals surface area contributed by atoms with Crippen molar-refractivity contribution in [1.82, 2.24) is 0 Å². The molecule has 1 aromatic rings. The van der Waals surface area contributed by atoms with E-state index in [2.05, 4.69) is 0 Å². The molecule has 24 heavy (non-hydrogen) atoms. The fourth-order valence-corrected chi connectivity index (χ4v) is 3.29. The highest BCUT2D eigenvalue weighted by molar-refractivity contribution is 5.84. The van der Waals surface area contributed by atoms with E-state index in [4.69, 9.17) is 23.7 Å². The van der Waals surface area contributed by atoms with E-state index in [1.807, 2.05) is 44.2 Å². The van der Waals surface area contributed by atoms with Gasteiger partial charge in [-0.15, -0.1) is 0 Å². The average molecular weight is 332 g/mol. The van der Waals surface area contributed by atoms with Crippen LogP contribution in [-0.4, -0.2) is 42.5 Å². The molecule has 0 aliphatic carbocycles. The lowest BCUT2D eigenvalue weighted by Crippen LogP contribution is -2.42. The van der Waals surface area contributed by atoms with Gasteiger partial charge in [-0.25, -0.2) is 4.79 Å². The Morgan fingerprint density at radius 1 is 1.12 bits per heavy atom. The van der Waals surface area contributed by atoms with E-state index >= 15 is 0 Å². The summed E-state index contributed by atoms with van der Waals surface area (Å²) < 4.78 is 29.1. The van der Waals surface area contributed by atoms with Gasteiger partial charge in [0, 0.05) is 6.08 Å². The van der Waals surface area contributed by atoms with Crippen LogP contribution < -0.4 is 0 Å². The number of carbonyl (C=O) groups is 1. The highest BCUT2D eigenvalue weighted by Gasteiger charge is 2.57. The number of fused-ring (bicyclic) bond motifs is 1. The van der Waals surface area contributed by atoms with E-state index in [-0.39, 0.29) is 12.1 Å². The van der Waals surface area contributed by atoms with E-state index in [9.17, 15) is 4.79 Å². The molecule has 0 spiro atoms. The van der Waals surface area contributed by atoms with Gasteiger partial charge in [-0.2, -0.15) is 0 Å². The van der Waals surface area contributed by atoms with E-state index in [1.54, 1.807) is 6.08 Å². The predicted octanol–water partition coefficient (Wildman–Crippen LogP) is 1.93. The number of hydrogen-bond acceptors (Lipinski definition) is 6. The fraction of sp³-hybridized carbons (Fsp3) is 0.500. The maximum Gasteiger partial charge on any atom is 0.331 e. The minimum absolute atomic E-state index is 0.360. The molecule has 0 unspecified atom stereocenters. The first-order valence-electron chi connectivity index (χ1n) is 8.07. The molecule has 0 aromatic heterocycles. The number of benzene rings is 1. The Kier molecular flexibility index (Phi) is 3.92. The van der Waals surface area contributed by atoms with Crippen molar-refractivity contribution in [2.45, 2.75) is 56.9 Å². The van der Waals surface area contributed by atoms with Crippen molar-refractivity contribution in [3.8, 4) is 0 Å². The minimum atomic E-state index is -0.725. The van der Waals surface area contributed by atoms with E-state index in [0.717, 1.165) is 5.56 Å². The summed E-state index contributed by atoms with van der Waals surface area (Å²) in [5.41, 5.74) is 1.05. The Labute approximate surface area is 140 Å². The average Bonchev–Trinajstić information content (AvgIpc) is 3.18. The zero-order valence-corrected chi connectivity index (χ0v) is 13.6. The number of esters is 1. The Morgan fingerprint density at radius 2 is 1.92 bits per heavy atom. The lowest BCUT2D eigenvalue weighted by molar-refractivity contribution is -0.228. The van der Waals surface area contributed by atoms with Crippen molar-refractivity contribution in [1.29, 1.82) is 0 Å². The van der Waals surface area contributed by atoms with Gasteiger partial charge in [0.25, 0.3) is 0 Å². The third-order valence-corrected chi connectivity index (χ3v) is 4.31. The fourth-order valence-electron chi connectivity index (χ4n) is 3.29. The Balaban J connectivity index is 1.51. The first kappa shape index (κ1) is 15.8. The van der Waals surface area contributed by atoms with Crippen molar-refractivity contribution >= 4 is 5.97 Å². The van der Waals surface area contributed by atoms with E-state index in [0.29, 0.717) is 6.61 Å². The highest BCUT2D eigenvalue weighted by atomic mass is 16.8. The third kappa shape index (κ3) is 2.98. The van der Waals surface area contributed by atoms with Gasteiger partial charge < -0.3 is 23.7 Å². The molecule has 0 amide bonds. The second-order valence-corrected chi connectivity index (χ2v) is 6.59. The van der Waals surface area contributed by atoms with Crippen LogP contribution >= 0.6 is 0 Å². The van der Waals surface area contributed by atoms with Crippen LogP contribution in [0.1, 0.15) is 19.4 Å². The Hall–Kier alpha value is -1.73. The molecule has 2 fully saturated rings. The maximum atomic E-state index is 11.4. The van der Waals surface area contributed by atoms with E-state index < -0.39 is 30.4 Å². The van der Waals surface area contributed by atoms with Gasteiger partial charge in [0.15, 0.2) is 12.1 Å². The summed E-state index contributed by atoms with van der Waals surface area (Å²) in [5, 5.41) is 0. The van der Waals surface area contributed by atoms with Crippen molar-refractivity contribution in [3.63, 3.8) is 0 Å². The van der Waals surface area contributed by atoms with Crippen LogP contribution in [0.4, 0.5) is 0 Å². The van der Waals surface area contributed by atoms with Crippen LogP contribution in [0.3, 0.4) is 0 Å². The number of ether oxygens (including phenoxy) is 5. The van der Waals surface area contributed by atoms with Gasteiger partial charge in [0.05, 0.1) is 6.61 Å². The van der Waals surface area contributed by atoms with Crippen molar-refractivity contribution in [2.24, 2.45) is 0 Å². The molecule has 0 bridgehead atoms. The first-order chi connectivity index (χ1) is 11.5. The van der Waals surface area contributed by atoms with Crippen molar-refractivity contribution < 1.29 is 28.5 Å². The maximum absolute atomic E-state index is 11.4. The number of hydrogen-bond donors (Lipinski definition) is 0. The van der Waals surface area contributed by atoms with Crippen LogP contribution in [-0.2, 0) is 35.1 Å². The Bertz CT molecular complexity index is 640. The van der Waals surface area contributed by atoms with Gasteiger partial charge in [0.2, 0.25) is 0 Å². The van der Waals surface area contributed by atoms with Crippen LogP contribution in [0.25, 0.3) is 0 Å². The van der Waals surface area contributed by atoms with Gasteiger partial charge in [-0.3, -0.25) is 0 Å². The molecule has 3 aliphatic rings. The van der Waals surface area contributed by atoms with Gasteiger partial charge in [-0.1, -0.05) is 30.3 Å². The minimum Gasteiger partial charge on any atom is -0.452 e. The zero-order chi connectivity index (χ0) is 16.7. The van der Waals surface area contributed by atoms with Gasteiger partial charge in [0.1, 0.15) is 24.4 Å². The summed E-state index contributed by atoms with van der Waals surface area (Å²) in [6, 6.07) is 9.87. The summed E-state index contributed by atoms with van der Waals surface area (Å²) in [5.74, 6) is -1.10. The summed E-state index contributed by atoms with van der Waals surface area (Å²) >= 11 is 0. The molecule has 3 heterocycles. The molecule has 0 radical (unpaired) electrons. The number of cyclic esters (lactones) is 1.